The molecule has 2 unspecified atom stereocenters. The van der Waals surface area contributed by atoms with E-state index in [9.17, 15) is 0 Å². The minimum Gasteiger partial charge on any atom is -0.371 e. The predicted octanol–water partition coefficient (Wildman–Crippen LogP) is 2.35. The van der Waals surface area contributed by atoms with Gasteiger partial charge < -0.3 is 5.32 Å². The van der Waals surface area contributed by atoms with Gasteiger partial charge in [0.15, 0.2) is 0 Å². The van der Waals surface area contributed by atoms with Gasteiger partial charge in [-0.2, -0.15) is 0 Å². The van der Waals surface area contributed by atoms with Crippen molar-refractivity contribution >= 4 is 5.84 Å². The number of nitrogens with zero attached hydrogens (tertiary/aromatic N) is 1. The zero-order valence-corrected chi connectivity index (χ0v) is 8.55. The van der Waals surface area contributed by atoms with Gasteiger partial charge in [0, 0.05) is 19.0 Å². The summed E-state index contributed by atoms with van der Waals surface area (Å²) in [7, 11) is 0. The summed E-state index contributed by atoms with van der Waals surface area (Å²) in [5.74, 6) is 2.13. The van der Waals surface area contributed by atoms with Crippen molar-refractivity contribution in [1.82, 2.24) is 5.32 Å². The Morgan fingerprint density at radius 2 is 2.15 bits per heavy atom. The van der Waals surface area contributed by atoms with Crippen LogP contribution in [0.5, 0.6) is 0 Å². The molecule has 0 amide bonds. The zero-order valence-electron chi connectivity index (χ0n) is 8.55. The van der Waals surface area contributed by atoms with E-state index in [-0.39, 0.29) is 0 Å². The van der Waals surface area contributed by atoms with Crippen molar-refractivity contribution in [3.63, 3.8) is 0 Å². The van der Waals surface area contributed by atoms with Crippen LogP contribution in [0.15, 0.2) is 4.99 Å². The molecule has 2 rings (SSSR count). The second kappa shape index (κ2) is 4.12. The molecule has 0 aromatic heterocycles. The third-order valence-corrected chi connectivity index (χ3v) is 3.34. The molecule has 1 N–H and O–H groups in total. The topological polar surface area (TPSA) is 24.4 Å². The van der Waals surface area contributed by atoms with Crippen LogP contribution in [0, 0.1) is 5.92 Å². The first-order chi connectivity index (χ1) is 6.36. The first kappa shape index (κ1) is 9.04. The Balaban J connectivity index is 1.85. The van der Waals surface area contributed by atoms with Gasteiger partial charge >= 0.3 is 0 Å². The molecule has 2 aliphatic rings. The lowest BCUT2D eigenvalue weighted by molar-refractivity contribution is 0.480. The monoisotopic (exact) mass is 180 g/mol. The van der Waals surface area contributed by atoms with Gasteiger partial charge in [-0.25, -0.2) is 0 Å². The molecule has 0 aromatic carbocycles. The molecule has 0 bridgehead atoms. The van der Waals surface area contributed by atoms with E-state index in [1.165, 1.54) is 44.4 Å². The normalized spacial score (nSPS) is 34.4. The number of hydrogen-bond acceptors (Lipinski definition) is 2. The molecule has 0 aromatic rings. The maximum Gasteiger partial charge on any atom is 0.0965 e. The maximum atomic E-state index is 4.53. The predicted molar refractivity (Wildman–Crippen MR) is 56.1 cm³/mol. The Hall–Kier alpha value is -0.530. The molecule has 2 nitrogen and oxygen atoms in total. The fraction of sp³-hybridized carbons (Fsp3) is 0.909. The molecule has 1 aliphatic carbocycles. The van der Waals surface area contributed by atoms with Gasteiger partial charge in [-0.15, -0.1) is 0 Å². The summed E-state index contributed by atoms with van der Waals surface area (Å²) >= 11 is 0. The van der Waals surface area contributed by atoms with Gasteiger partial charge in [-0.3, -0.25) is 4.99 Å². The molecule has 0 spiro atoms. The Kier molecular flexibility index (Phi) is 2.87. The minimum atomic E-state index is 0.719. The summed E-state index contributed by atoms with van der Waals surface area (Å²) in [6, 6.07) is 0.719. The Morgan fingerprint density at radius 3 is 2.77 bits per heavy atom. The van der Waals surface area contributed by atoms with Crippen molar-refractivity contribution in [2.75, 3.05) is 6.54 Å². The zero-order chi connectivity index (χ0) is 9.10. The van der Waals surface area contributed by atoms with Crippen molar-refractivity contribution in [3.05, 3.63) is 0 Å². The van der Waals surface area contributed by atoms with E-state index in [4.69, 9.17) is 0 Å². The summed E-state index contributed by atoms with van der Waals surface area (Å²) in [5.41, 5.74) is 0. The van der Waals surface area contributed by atoms with Crippen LogP contribution in [0.3, 0.4) is 0 Å². The molecule has 74 valence electrons. The quantitative estimate of drug-likeness (QED) is 0.658. The Bertz CT molecular complexity index is 198. The molecule has 0 saturated heterocycles. The minimum absolute atomic E-state index is 0.719. The number of nitrogens with one attached hydrogen (secondary N) is 1. The van der Waals surface area contributed by atoms with Crippen LogP contribution in [0.1, 0.15) is 45.4 Å². The summed E-state index contributed by atoms with van der Waals surface area (Å²) in [6.07, 6.45) is 7.93. The SMILES string of the molecule is CC1CCCC1NC1=NCCCC1. The van der Waals surface area contributed by atoms with Gasteiger partial charge in [0.2, 0.25) is 0 Å². The first-order valence-corrected chi connectivity index (χ1v) is 5.66. The average Bonchev–Trinajstić information content (AvgIpc) is 2.54. The average molecular weight is 180 g/mol. The Morgan fingerprint density at radius 1 is 1.23 bits per heavy atom. The second-order valence-electron chi connectivity index (χ2n) is 4.44. The van der Waals surface area contributed by atoms with Crippen LogP contribution in [0.4, 0.5) is 0 Å². The van der Waals surface area contributed by atoms with E-state index in [2.05, 4.69) is 17.2 Å². The van der Waals surface area contributed by atoms with E-state index in [1.807, 2.05) is 0 Å². The molecule has 1 fully saturated rings. The first-order valence-electron chi connectivity index (χ1n) is 5.66. The number of aliphatic imine (C=N–C) groups is 1. The highest BCUT2D eigenvalue weighted by molar-refractivity contribution is 5.82. The third kappa shape index (κ3) is 2.23. The van der Waals surface area contributed by atoms with Crippen LogP contribution >= 0.6 is 0 Å². The highest BCUT2D eigenvalue weighted by atomic mass is 15.0. The Labute approximate surface area is 80.8 Å². The summed E-state index contributed by atoms with van der Waals surface area (Å²) in [5, 5.41) is 3.62. The molecule has 1 heterocycles. The van der Waals surface area contributed by atoms with E-state index >= 15 is 0 Å². The van der Waals surface area contributed by atoms with E-state index < -0.39 is 0 Å². The lowest BCUT2D eigenvalue weighted by Gasteiger charge is -2.22. The van der Waals surface area contributed by atoms with Crippen LogP contribution in [0.25, 0.3) is 0 Å². The molecular weight excluding hydrogens is 160 g/mol. The lowest BCUT2D eigenvalue weighted by Crippen LogP contribution is -2.37. The van der Waals surface area contributed by atoms with Gasteiger partial charge in [-0.1, -0.05) is 13.3 Å². The van der Waals surface area contributed by atoms with Crippen molar-refractivity contribution in [2.45, 2.75) is 51.5 Å². The summed E-state index contributed by atoms with van der Waals surface area (Å²) in [6.45, 7) is 3.40. The van der Waals surface area contributed by atoms with Crippen molar-refractivity contribution in [1.29, 1.82) is 0 Å². The van der Waals surface area contributed by atoms with Gasteiger partial charge in [0.25, 0.3) is 0 Å². The molecule has 13 heavy (non-hydrogen) atoms. The highest BCUT2D eigenvalue weighted by Gasteiger charge is 2.24. The van der Waals surface area contributed by atoms with Crippen molar-refractivity contribution in [2.24, 2.45) is 10.9 Å². The second-order valence-corrected chi connectivity index (χ2v) is 4.44. The fourth-order valence-electron chi connectivity index (χ4n) is 2.39. The van der Waals surface area contributed by atoms with Crippen LogP contribution in [-0.4, -0.2) is 18.4 Å². The molecule has 2 atom stereocenters. The number of rotatable bonds is 1. The van der Waals surface area contributed by atoms with Crippen LogP contribution < -0.4 is 5.32 Å². The standard InChI is InChI=1S/C11H20N2/c1-9-5-4-6-10(9)13-11-7-2-3-8-12-11/h9-10H,2-8H2,1H3,(H,12,13). The third-order valence-electron chi connectivity index (χ3n) is 3.34. The lowest BCUT2D eigenvalue weighted by atomic mass is 10.1. The summed E-state index contributed by atoms with van der Waals surface area (Å²) < 4.78 is 0. The van der Waals surface area contributed by atoms with E-state index in [0.717, 1.165) is 18.5 Å². The van der Waals surface area contributed by atoms with E-state index in [0.29, 0.717) is 0 Å². The highest BCUT2D eigenvalue weighted by Crippen LogP contribution is 2.25. The van der Waals surface area contributed by atoms with Crippen LogP contribution in [0.2, 0.25) is 0 Å². The largest absolute Gasteiger partial charge is 0.371 e. The maximum absolute atomic E-state index is 4.53. The number of hydrogen-bond donors (Lipinski definition) is 1. The molecule has 1 aliphatic heterocycles. The van der Waals surface area contributed by atoms with Crippen molar-refractivity contribution < 1.29 is 0 Å². The number of amidine groups is 1. The van der Waals surface area contributed by atoms with Crippen LogP contribution in [-0.2, 0) is 0 Å². The van der Waals surface area contributed by atoms with E-state index in [1.54, 1.807) is 0 Å². The molecule has 1 saturated carbocycles. The molecule has 0 radical (unpaired) electrons. The summed E-state index contributed by atoms with van der Waals surface area (Å²) in [4.78, 5) is 4.53. The fourth-order valence-corrected chi connectivity index (χ4v) is 2.39. The molecule has 2 heteroatoms. The van der Waals surface area contributed by atoms with Gasteiger partial charge in [-0.05, 0) is 31.6 Å². The van der Waals surface area contributed by atoms with Gasteiger partial charge in [0.1, 0.15) is 0 Å². The van der Waals surface area contributed by atoms with Crippen molar-refractivity contribution in [3.8, 4) is 0 Å². The smallest absolute Gasteiger partial charge is 0.0965 e. The molecular formula is C11H20N2. The van der Waals surface area contributed by atoms with Gasteiger partial charge in [0.05, 0.1) is 5.84 Å².